The summed E-state index contributed by atoms with van der Waals surface area (Å²) in [7, 11) is 0. The van der Waals surface area contributed by atoms with Crippen molar-refractivity contribution in [2.45, 2.75) is 0 Å². The molecule has 0 saturated heterocycles. The Morgan fingerprint density at radius 1 is 0.365 bits per heavy atom. The van der Waals surface area contributed by atoms with Crippen LogP contribution in [0.15, 0.2) is 182 Å². The molecule has 0 aliphatic heterocycles. The van der Waals surface area contributed by atoms with Crippen molar-refractivity contribution in [3.05, 3.63) is 182 Å². The van der Waals surface area contributed by atoms with Gasteiger partial charge in [-0.2, -0.15) is 0 Å². The van der Waals surface area contributed by atoms with Gasteiger partial charge < -0.3 is 9.13 Å². The molecule has 52 heavy (non-hydrogen) atoms. The summed E-state index contributed by atoms with van der Waals surface area (Å²) < 4.78 is 4.84. The van der Waals surface area contributed by atoms with Gasteiger partial charge in [0.1, 0.15) is 5.52 Å². The van der Waals surface area contributed by atoms with Crippen molar-refractivity contribution in [1.82, 2.24) is 19.1 Å². The largest absolute Gasteiger partial charge is 0.309 e. The van der Waals surface area contributed by atoms with E-state index in [0.29, 0.717) is 0 Å². The van der Waals surface area contributed by atoms with E-state index in [2.05, 4.69) is 179 Å². The third-order valence-corrected chi connectivity index (χ3v) is 10.5. The van der Waals surface area contributed by atoms with E-state index >= 15 is 0 Å². The molecule has 0 fully saturated rings. The molecular weight excluding hydrogens is 633 g/mol. The molecule has 0 N–H and O–H groups in total. The summed E-state index contributed by atoms with van der Waals surface area (Å²) in [6, 6.07) is 64.6. The summed E-state index contributed by atoms with van der Waals surface area (Å²) in [6.45, 7) is 0. The molecule has 0 unspecified atom stereocenters. The van der Waals surface area contributed by atoms with E-state index in [0.717, 1.165) is 56.0 Å². The minimum atomic E-state index is 0.857. The third-order valence-electron chi connectivity index (χ3n) is 10.5. The van der Waals surface area contributed by atoms with Crippen LogP contribution in [0.25, 0.3) is 99.3 Å². The first-order valence-electron chi connectivity index (χ1n) is 17.7. The topological polar surface area (TPSA) is 35.6 Å². The summed E-state index contributed by atoms with van der Waals surface area (Å²) >= 11 is 0. The Balaban J connectivity index is 1.28. The molecule has 11 rings (SSSR count). The van der Waals surface area contributed by atoms with E-state index in [1.54, 1.807) is 0 Å². The van der Waals surface area contributed by atoms with Crippen LogP contribution < -0.4 is 0 Å². The van der Waals surface area contributed by atoms with Gasteiger partial charge >= 0.3 is 0 Å². The van der Waals surface area contributed by atoms with Crippen LogP contribution in [-0.2, 0) is 0 Å². The maximum absolute atomic E-state index is 5.49. The summed E-state index contributed by atoms with van der Waals surface area (Å²) in [5.41, 5.74) is 12.4. The fourth-order valence-electron chi connectivity index (χ4n) is 8.27. The first-order chi connectivity index (χ1) is 25.8. The lowest BCUT2D eigenvalue weighted by Crippen LogP contribution is -2.01. The maximum Gasteiger partial charge on any atom is 0.113 e. The number of hydrogen-bond donors (Lipinski definition) is 0. The lowest BCUT2D eigenvalue weighted by Gasteiger charge is -2.15. The molecule has 0 saturated carbocycles. The van der Waals surface area contributed by atoms with E-state index < -0.39 is 0 Å². The van der Waals surface area contributed by atoms with Gasteiger partial charge in [0.2, 0.25) is 0 Å². The molecule has 0 radical (unpaired) electrons. The molecule has 3 aromatic heterocycles. The molecule has 0 atom stereocenters. The normalized spacial score (nSPS) is 11.8. The molecule has 8 aromatic carbocycles. The van der Waals surface area contributed by atoms with Crippen LogP contribution in [0.4, 0.5) is 0 Å². The summed E-state index contributed by atoms with van der Waals surface area (Å²) in [6.07, 6.45) is 0. The lowest BCUT2D eigenvalue weighted by atomic mass is 10.0. The minimum Gasteiger partial charge on any atom is -0.309 e. The quantitative estimate of drug-likeness (QED) is 0.188. The number of hydrogen-bond acceptors (Lipinski definition) is 2. The molecule has 0 aliphatic rings. The van der Waals surface area contributed by atoms with Crippen LogP contribution in [-0.4, -0.2) is 19.1 Å². The van der Waals surface area contributed by atoms with Crippen LogP contribution in [0.3, 0.4) is 0 Å². The van der Waals surface area contributed by atoms with Gasteiger partial charge in [0.15, 0.2) is 0 Å². The SMILES string of the molecule is c1ccc(-c2nc3cccc(-n4c5ccccc5c5c6c7ccc8ccccc8c7n(-c7ccccc7)c6ccc54)c3nc2-c2ccccc2)cc1. The van der Waals surface area contributed by atoms with Gasteiger partial charge in [-0.3, -0.25) is 0 Å². The molecule has 0 spiro atoms. The Bertz CT molecular complexity index is 3160. The molecule has 0 bridgehead atoms. The number of aromatic nitrogens is 4. The van der Waals surface area contributed by atoms with Gasteiger partial charge in [0.25, 0.3) is 0 Å². The number of rotatable bonds is 4. The average molecular weight is 663 g/mol. The Morgan fingerprint density at radius 2 is 0.962 bits per heavy atom. The van der Waals surface area contributed by atoms with Gasteiger partial charge in [0, 0.05) is 43.7 Å². The monoisotopic (exact) mass is 662 g/mol. The van der Waals surface area contributed by atoms with E-state index in [1.807, 2.05) is 12.1 Å². The summed E-state index contributed by atoms with van der Waals surface area (Å²) in [5, 5.41) is 7.40. The summed E-state index contributed by atoms with van der Waals surface area (Å²) in [4.78, 5) is 10.8. The standard InChI is InChI=1S/C48H30N4/c1-4-16-32(17-5-1)45-46(33-18-6-2-7-19-33)50-47-38(49-45)24-14-26-42(47)52-39-25-13-12-23-36(39)43-41(52)30-29-40-44(43)37-28-27-31-15-10-11-22-35(31)48(37)51(40)34-20-8-3-9-21-34/h1-30H. The fourth-order valence-corrected chi connectivity index (χ4v) is 8.27. The number of nitrogens with zero attached hydrogens (tertiary/aromatic N) is 4. The predicted molar refractivity (Wildman–Crippen MR) is 217 cm³/mol. The minimum absolute atomic E-state index is 0.857. The van der Waals surface area contributed by atoms with E-state index in [-0.39, 0.29) is 0 Å². The Morgan fingerprint density at radius 3 is 1.71 bits per heavy atom. The van der Waals surface area contributed by atoms with Crippen LogP contribution in [0.1, 0.15) is 0 Å². The smallest absolute Gasteiger partial charge is 0.113 e. The maximum atomic E-state index is 5.49. The second-order valence-corrected chi connectivity index (χ2v) is 13.4. The Labute approximate surface area is 299 Å². The molecule has 242 valence electrons. The van der Waals surface area contributed by atoms with Gasteiger partial charge in [-0.15, -0.1) is 0 Å². The molecule has 11 aromatic rings. The third kappa shape index (κ3) is 4.15. The molecule has 0 amide bonds. The van der Waals surface area contributed by atoms with Gasteiger partial charge in [-0.25, -0.2) is 9.97 Å². The Kier molecular flexibility index (Phi) is 6.22. The molecule has 4 heteroatoms. The highest BCUT2D eigenvalue weighted by Gasteiger charge is 2.23. The van der Waals surface area contributed by atoms with Crippen LogP contribution in [0.2, 0.25) is 0 Å². The zero-order valence-corrected chi connectivity index (χ0v) is 28.1. The van der Waals surface area contributed by atoms with Crippen molar-refractivity contribution in [2.24, 2.45) is 0 Å². The van der Waals surface area contributed by atoms with Crippen LogP contribution in [0, 0.1) is 0 Å². The molecule has 0 aliphatic carbocycles. The highest BCUT2D eigenvalue weighted by Crippen LogP contribution is 2.44. The van der Waals surface area contributed by atoms with E-state index in [9.17, 15) is 0 Å². The van der Waals surface area contributed by atoms with E-state index in [1.165, 1.54) is 43.4 Å². The first kappa shape index (κ1) is 28.8. The zero-order valence-electron chi connectivity index (χ0n) is 28.1. The Hall–Kier alpha value is -7.04. The number of para-hydroxylation sites is 3. The lowest BCUT2D eigenvalue weighted by molar-refractivity contribution is 1.17. The predicted octanol–water partition coefficient (Wildman–Crippen LogP) is 12.3. The molecule has 3 heterocycles. The fraction of sp³-hybridized carbons (Fsp3) is 0. The average Bonchev–Trinajstić information content (AvgIpc) is 3.74. The van der Waals surface area contributed by atoms with Crippen molar-refractivity contribution in [3.63, 3.8) is 0 Å². The second-order valence-electron chi connectivity index (χ2n) is 13.4. The number of fused-ring (bicyclic) bond motifs is 10. The van der Waals surface area contributed by atoms with Gasteiger partial charge in [0.05, 0.1) is 44.7 Å². The van der Waals surface area contributed by atoms with E-state index in [4.69, 9.17) is 9.97 Å². The first-order valence-corrected chi connectivity index (χ1v) is 17.7. The second kappa shape index (κ2) is 11.2. The van der Waals surface area contributed by atoms with Gasteiger partial charge in [-0.1, -0.05) is 140 Å². The highest BCUT2D eigenvalue weighted by molar-refractivity contribution is 6.31. The van der Waals surface area contributed by atoms with Crippen molar-refractivity contribution >= 4 is 65.4 Å². The number of benzene rings is 8. The van der Waals surface area contributed by atoms with Gasteiger partial charge in [-0.05, 0) is 47.9 Å². The van der Waals surface area contributed by atoms with Crippen molar-refractivity contribution in [3.8, 4) is 33.9 Å². The van der Waals surface area contributed by atoms with Crippen molar-refractivity contribution in [1.29, 1.82) is 0 Å². The van der Waals surface area contributed by atoms with Crippen LogP contribution in [0.5, 0.6) is 0 Å². The highest BCUT2D eigenvalue weighted by atomic mass is 15.0. The van der Waals surface area contributed by atoms with Crippen molar-refractivity contribution < 1.29 is 0 Å². The summed E-state index contributed by atoms with van der Waals surface area (Å²) in [5.74, 6) is 0. The van der Waals surface area contributed by atoms with Crippen LogP contribution >= 0.6 is 0 Å². The molecular formula is C48H30N4. The zero-order chi connectivity index (χ0) is 34.2. The molecule has 4 nitrogen and oxygen atoms in total. The van der Waals surface area contributed by atoms with Crippen molar-refractivity contribution in [2.75, 3.05) is 0 Å².